The van der Waals surface area contributed by atoms with Gasteiger partial charge in [0.2, 0.25) is 0 Å². The maximum Gasteiger partial charge on any atom is 0.289 e. The van der Waals surface area contributed by atoms with Gasteiger partial charge in [-0.2, -0.15) is 10.2 Å². The number of amides is 1. The first-order valence-corrected chi connectivity index (χ1v) is 10.4. The molecule has 33 heavy (non-hydrogen) atoms. The highest BCUT2D eigenvalue weighted by Crippen LogP contribution is 2.32. The normalized spacial score (nSPS) is 10.8. The predicted octanol–water partition coefficient (Wildman–Crippen LogP) is 4.74. The van der Waals surface area contributed by atoms with Gasteiger partial charge in [-0.3, -0.25) is 9.89 Å². The van der Waals surface area contributed by atoms with Crippen molar-refractivity contribution in [3.8, 4) is 22.8 Å². The molecule has 0 saturated carbocycles. The molecule has 0 saturated heterocycles. The van der Waals surface area contributed by atoms with Crippen LogP contribution in [0.2, 0.25) is 0 Å². The lowest BCUT2D eigenvalue weighted by Gasteiger charge is -2.12. The Morgan fingerprint density at radius 1 is 1.03 bits per heavy atom. The molecule has 0 bridgehead atoms. The molecule has 0 aliphatic heterocycles. The number of nitrogens with one attached hydrogen (secondary N) is 2. The average molecular weight is 441 g/mol. The molecule has 0 spiro atoms. The average Bonchev–Trinajstić information content (AvgIpc) is 3.35. The standard InChI is InChI=1S/C26H24N4O3/c1-18-8-10-20(11-9-18)17-33-24-13-12-21(14-25(24)32-2)22-15-23(29-28-22)26(31)30-27-16-19-6-4-3-5-7-19/h3-16H,17H2,1-2H3,(H,28,29)(H,30,31)/b27-16+. The summed E-state index contributed by atoms with van der Waals surface area (Å²) < 4.78 is 11.4. The summed E-state index contributed by atoms with van der Waals surface area (Å²) >= 11 is 0. The van der Waals surface area contributed by atoms with E-state index in [0.717, 1.165) is 16.7 Å². The number of aromatic nitrogens is 2. The molecule has 4 rings (SSSR count). The molecular weight excluding hydrogens is 416 g/mol. The number of H-pyrrole nitrogens is 1. The third kappa shape index (κ3) is 5.65. The van der Waals surface area contributed by atoms with Crippen LogP contribution in [0.15, 0.2) is 84.0 Å². The summed E-state index contributed by atoms with van der Waals surface area (Å²) in [4.78, 5) is 12.4. The van der Waals surface area contributed by atoms with E-state index in [2.05, 4.69) is 39.8 Å². The van der Waals surface area contributed by atoms with Gasteiger partial charge < -0.3 is 9.47 Å². The highest BCUT2D eigenvalue weighted by atomic mass is 16.5. The molecule has 7 nitrogen and oxygen atoms in total. The van der Waals surface area contributed by atoms with Gasteiger partial charge in [-0.1, -0.05) is 60.2 Å². The van der Waals surface area contributed by atoms with Gasteiger partial charge >= 0.3 is 0 Å². The van der Waals surface area contributed by atoms with E-state index in [1.807, 2.05) is 60.7 Å². The molecule has 1 aromatic heterocycles. The highest BCUT2D eigenvalue weighted by Gasteiger charge is 2.13. The molecule has 0 radical (unpaired) electrons. The van der Waals surface area contributed by atoms with Gasteiger partial charge in [0, 0.05) is 5.56 Å². The fourth-order valence-corrected chi connectivity index (χ4v) is 3.14. The molecule has 0 fully saturated rings. The Morgan fingerprint density at radius 3 is 2.58 bits per heavy atom. The second-order valence-electron chi connectivity index (χ2n) is 7.42. The minimum absolute atomic E-state index is 0.300. The Balaban J connectivity index is 1.42. The molecule has 7 heteroatoms. The lowest BCUT2D eigenvalue weighted by atomic mass is 10.1. The predicted molar refractivity (Wildman–Crippen MR) is 128 cm³/mol. The van der Waals surface area contributed by atoms with Crippen molar-refractivity contribution < 1.29 is 14.3 Å². The molecular formula is C26H24N4O3. The number of carbonyl (C=O) groups is 1. The smallest absolute Gasteiger partial charge is 0.289 e. The summed E-state index contributed by atoms with van der Waals surface area (Å²) in [5, 5.41) is 11.0. The number of methoxy groups -OCH3 is 1. The largest absolute Gasteiger partial charge is 0.493 e. The number of hydrazone groups is 1. The van der Waals surface area contributed by atoms with E-state index in [9.17, 15) is 4.79 Å². The summed E-state index contributed by atoms with van der Waals surface area (Å²) in [6, 6.07) is 24.9. The summed E-state index contributed by atoms with van der Waals surface area (Å²) in [7, 11) is 1.59. The van der Waals surface area contributed by atoms with Crippen molar-refractivity contribution in [3.63, 3.8) is 0 Å². The number of hydrogen-bond donors (Lipinski definition) is 2. The minimum Gasteiger partial charge on any atom is -0.493 e. The Morgan fingerprint density at radius 2 is 1.82 bits per heavy atom. The first-order chi connectivity index (χ1) is 16.1. The number of rotatable bonds is 8. The van der Waals surface area contributed by atoms with E-state index >= 15 is 0 Å². The molecule has 1 amide bonds. The number of carbonyl (C=O) groups excluding carboxylic acids is 1. The van der Waals surface area contributed by atoms with Crippen LogP contribution >= 0.6 is 0 Å². The van der Waals surface area contributed by atoms with Crippen molar-refractivity contribution in [1.29, 1.82) is 0 Å². The number of nitrogens with zero attached hydrogens (tertiary/aromatic N) is 2. The van der Waals surface area contributed by atoms with Crippen LogP contribution in [0.1, 0.15) is 27.2 Å². The van der Waals surface area contributed by atoms with E-state index < -0.39 is 0 Å². The van der Waals surface area contributed by atoms with Crippen LogP contribution < -0.4 is 14.9 Å². The van der Waals surface area contributed by atoms with Gasteiger partial charge in [-0.25, -0.2) is 5.43 Å². The van der Waals surface area contributed by atoms with Crippen molar-refractivity contribution >= 4 is 12.1 Å². The van der Waals surface area contributed by atoms with Gasteiger partial charge in [-0.05, 0) is 42.3 Å². The summed E-state index contributed by atoms with van der Waals surface area (Å²) in [6.45, 7) is 2.49. The Kier molecular flexibility index (Phi) is 6.80. The van der Waals surface area contributed by atoms with Crippen LogP contribution in [0.4, 0.5) is 0 Å². The van der Waals surface area contributed by atoms with Crippen LogP contribution in [0.5, 0.6) is 11.5 Å². The summed E-state index contributed by atoms with van der Waals surface area (Å²) in [5.41, 5.74) is 7.36. The van der Waals surface area contributed by atoms with E-state index in [4.69, 9.17) is 9.47 Å². The number of ether oxygens (including phenoxy) is 2. The second kappa shape index (κ2) is 10.3. The van der Waals surface area contributed by atoms with Gasteiger partial charge in [0.05, 0.1) is 19.0 Å². The molecule has 0 aliphatic rings. The maximum absolute atomic E-state index is 12.4. The number of benzene rings is 3. The zero-order valence-electron chi connectivity index (χ0n) is 18.4. The fraction of sp³-hybridized carbons (Fsp3) is 0.115. The van der Waals surface area contributed by atoms with Crippen LogP contribution in [0.25, 0.3) is 11.3 Å². The van der Waals surface area contributed by atoms with E-state index in [-0.39, 0.29) is 5.91 Å². The summed E-state index contributed by atoms with van der Waals surface area (Å²) in [5.74, 6) is 0.831. The molecule has 3 aromatic carbocycles. The topological polar surface area (TPSA) is 88.6 Å². The van der Waals surface area contributed by atoms with Crippen molar-refractivity contribution in [2.24, 2.45) is 5.10 Å². The van der Waals surface area contributed by atoms with Gasteiger partial charge in [-0.15, -0.1) is 0 Å². The lowest BCUT2D eigenvalue weighted by molar-refractivity contribution is 0.0950. The molecule has 0 atom stereocenters. The zero-order valence-corrected chi connectivity index (χ0v) is 18.4. The van der Waals surface area contributed by atoms with Crippen LogP contribution in [-0.4, -0.2) is 29.4 Å². The number of aryl methyl sites for hydroxylation is 1. The molecule has 2 N–H and O–H groups in total. The first kappa shape index (κ1) is 21.8. The van der Waals surface area contributed by atoms with Crippen molar-refractivity contribution in [2.75, 3.05) is 7.11 Å². The van der Waals surface area contributed by atoms with Gasteiger partial charge in [0.15, 0.2) is 11.5 Å². The summed E-state index contributed by atoms with van der Waals surface area (Å²) in [6.07, 6.45) is 1.58. The first-order valence-electron chi connectivity index (χ1n) is 10.4. The van der Waals surface area contributed by atoms with Crippen LogP contribution in [0.3, 0.4) is 0 Å². The van der Waals surface area contributed by atoms with E-state index in [1.165, 1.54) is 5.56 Å². The molecule has 1 heterocycles. The van der Waals surface area contributed by atoms with Crippen molar-refractivity contribution in [3.05, 3.63) is 101 Å². The van der Waals surface area contributed by atoms with Crippen LogP contribution in [-0.2, 0) is 6.61 Å². The fourth-order valence-electron chi connectivity index (χ4n) is 3.14. The van der Waals surface area contributed by atoms with E-state index in [1.54, 1.807) is 19.4 Å². The zero-order chi connectivity index (χ0) is 23.0. The third-order valence-corrected chi connectivity index (χ3v) is 4.98. The van der Waals surface area contributed by atoms with E-state index in [0.29, 0.717) is 29.5 Å². The minimum atomic E-state index is -0.383. The molecule has 0 unspecified atom stereocenters. The van der Waals surface area contributed by atoms with Crippen molar-refractivity contribution in [2.45, 2.75) is 13.5 Å². The highest BCUT2D eigenvalue weighted by molar-refractivity contribution is 5.94. The van der Waals surface area contributed by atoms with Crippen LogP contribution in [0, 0.1) is 6.92 Å². The molecule has 166 valence electrons. The van der Waals surface area contributed by atoms with Gasteiger partial charge in [0.25, 0.3) is 5.91 Å². The Labute approximate surface area is 192 Å². The second-order valence-corrected chi connectivity index (χ2v) is 7.42. The SMILES string of the molecule is COc1cc(-c2cc(C(=O)N/N=C/c3ccccc3)[nH]n2)ccc1OCc1ccc(C)cc1. The van der Waals surface area contributed by atoms with Gasteiger partial charge in [0.1, 0.15) is 12.3 Å². The maximum atomic E-state index is 12.4. The Hall–Kier alpha value is -4.39. The number of hydrogen-bond acceptors (Lipinski definition) is 5. The number of aromatic amines is 1. The quantitative estimate of drug-likeness (QED) is 0.306. The third-order valence-electron chi connectivity index (χ3n) is 4.98. The molecule has 0 aliphatic carbocycles. The molecule has 4 aromatic rings. The Bertz CT molecular complexity index is 1250. The van der Waals surface area contributed by atoms with Crippen molar-refractivity contribution in [1.82, 2.24) is 15.6 Å². The monoisotopic (exact) mass is 440 g/mol. The lowest BCUT2D eigenvalue weighted by Crippen LogP contribution is -2.17.